The smallest absolute Gasteiger partial charge is 0.242 e. The lowest BCUT2D eigenvalue weighted by Gasteiger charge is -2.17. The molecule has 118 valence electrons. The third-order valence-electron chi connectivity index (χ3n) is 3.55. The van der Waals surface area contributed by atoms with E-state index in [0.29, 0.717) is 19.1 Å². The Labute approximate surface area is 124 Å². The van der Waals surface area contributed by atoms with Gasteiger partial charge in [0.2, 0.25) is 10.0 Å². The molecule has 0 aliphatic heterocycles. The van der Waals surface area contributed by atoms with Crippen molar-refractivity contribution in [3.63, 3.8) is 0 Å². The summed E-state index contributed by atoms with van der Waals surface area (Å²) in [7, 11) is -2.15. The molecular weight excluding hydrogens is 295 g/mol. The monoisotopic (exact) mass is 316 g/mol. The summed E-state index contributed by atoms with van der Waals surface area (Å²) in [6.07, 6.45) is 2.40. The van der Waals surface area contributed by atoms with E-state index in [1.54, 1.807) is 0 Å². The van der Waals surface area contributed by atoms with Gasteiger partial charge in [-0.3, -0.25) is 0 Å². The maximum absolute atomic E-state index is 13.4. The third kappa shape index (κ3) is 4.23. The zero-order chi connectivity index (χ0) is 15.5. The van der Waals surface area contributed by atoms with Crippen LogP contribution in [0.25, 0.3) is 0 Å². The molecule has 7 heteroatoms. The first-order valence-electron chi connectivity index (χ1n) is 6.97. The Morgan fingerprint density at radius 3 is 2.76 bits per heavy atom. The number of rotatable bonds is 8. The average Bonchev–Trinajstić information content (AvgIpc) is 3.27. The molecule has 2 rings (SSSR count). The highest BCUT2D eigenvalue weighted by Gasteiger charge is 2.23. The highest BCUT2D eigenvalue weighted by Crippen LogP contribution is 2.28. The zero-order valence-electron chi connectivity index (χ0n) is 12.1. The van der Waals surface area contributed by atoms with Crippen molar-refractivity contribution in [2.24, 2.45) is 11.7 Å². The molecule has 0 atom stereocenters. The van der Waals surface area contributed by atoms with Gasteiger partial charge in [0, 0.05) is 32.3 Å². The van der Waals surface area contributed by atoms with Gasteiger partial charge in [0.05, 0.1) is 11.5 Å². The summed E-state index contributed by atoms with van der Waals surface area (Å²) in [5, 5.41) is 0. The summed E-state index contributed by atoms with van der Waals surface area (Å²) in [6.45, 7) is 1.28. The lowest BCUT2D eigenvalue weighted by molar-refractivity contribution is 0.117. The number of ether oxygens (including phenoxy) is 1. The first-order valence-corrected chi connectivity index (χ1v) is 8.41. The van der Waals surface area contributed by atoms with Crippen LogP contribution in [0.15, 0.2) is 23.1 Å². The van der Waals surface area contributed by atoms with Crippen molar-refractivity contribution in [1.82, 2.24) is 4.31 Å². The van der Waals surface area contributed by atoms with Gasteiger partial charge in [-0.1, -0.05) is 0 Å². The van der Waals surface area contributed by atoms with Crippen LogP contribution in [-0.2, 0) is 21.3 Å². The second-order valence-corrected chi connectivity index (χ2v) is 7.35. The minimum atomic E-state index is -3.64. The van der Waals surface area contributed by atoms with Crippen LogP contribution in [-0.4, -0.2) is 39.5 Å². The van der Waals surface area contributed by atoms with E-state index in [1.165, 1.54) is 36.3 Å². The molecule has 1 aromatic carbocycles. The molecule has 0 spiro atoms. The van der Waals surface area contributed by atoms with Gasteiger partial charge in [0.15, 0.2) is 0 Å². The SMILES string of the molecule is CN(CCOCC1CC1)S(=O)(=O)c1ccc(F)c(CN)c1. The molecule has 1 aromatic rings. The van der Waals surface area contributed by atoms with Crippen LogP contribution in [0.5, 0.6) is 0 Å². The fourth-order valence-corrected chi connectivity index (χ4v) is 3.10. The van der Waals surface area contributed by atoms with Gasteiger partial charge in [0.25, 0.3) is 0 Å². The Balaban J connectivity index is 1.98. The van der Waals surface area contributed by atoms with Crippen molar-refractivity contribution in [3.8, 4) is 0 Å². The third-order valence-corrected chi connectivity index (χ3v) is 5.40. The molecule has 5 nitrogen and oxygen atoms in total. The standard InChI is InChI=1S/C14H21FN2O3S/c1-17(6-7-20-10-11-2-3-11)21(18,19)13-4-5-14(15)12(8-13)9-16/h4-5,8,11H,2-3,6-7,9-10,16H2,1H3. The van der Waals surface area contributed by atoms with Gasteiger partial charge < -0.3 is 10.5 Å². The second kappa shape index (κ2) is 6.83. The fraction of sp³-hybridized carbons (Fsp3) is 0.571. The van der Waals surface area contributed by atoms with E-state index in [1.807, 2.05) is 0 Å². The molecule has 0 saturated heterocycles. The van der Waals surface area contributed by atoms with Crippen LogP contribution in [0.2, 0.25) is 0 Å². The molecule has 2 N–H and O–H groups in total. The number of halogens is 1. The number of hydrogen-bond donors (Lipinski definition) is 1. The van der Waals surface area contributed by atoms with Gasteiger partial charge in [0.1, 0.15) is 5.82 Å². The number of sulfonamides is 1. The number of likely N-dealkylation sites (N-methyl/N-ethyl adjacent to an activating group) is 1. The molecule has 1 fully saturated rings. The maximum Gasteiger partial charge on any atom is 0.242 e. The van der Waals surface area contributed by atoms with Crippen LogP contribution >= 0.6 is 0 Å². The van der Waals surface area contributed by atoms with Crippen molar-refractivity contribution >= 4 is 10.0 Å². The molecule has 21 heavy (non-hydrogen) atoms. The van der Waals surface area contributed by atoms with Gasteiger partial charge in [-0.2, -0.15) is 4.31 Å². The van der Waals surface area contributed by atoms with Crippen LogP contribution < -0.4 is 5.73 Å². The number of hydrogen-bond acceptors (Lipinski definition) is 4. The van der Waals surface area contributed by atoms with Crippen molar-refractivity contribution in [1.29, 1.82) is 0 Å². The Bertz CT molecular complexity index is 588. The summed E-state index contributed by atoms with van der Waals surface area (Å²) >= 11 is 0. The van der Waals surface area contributed by atoms with E-state index in [2.05, 4.69) is 0 Å². The largest absolute Gasteiger partial charge is 0.380 e. The van der Waals surface area contributed by atoms with E-state index >= 15 is 0 Å². The van der Waals surface area contributed by atoms with Crippen molar-refractivity contribution in [3.05, 3.63) is 29.6 Å². The molecule has 0 amide bonds. The zero-order valence-corrected chi connectivity index (χ0v) is 12.9. The van der Waals surface area contributed by atoms with Crippen LogP contribution in [0, 0.1) is 11.7 Å². The predicted molar refractivity (Wildman–Crippen MR) is 77.7 cm³/mol. The number of nitrogens with zero attached hydrogens (tertiary/aromatic N) is 1. The Morgan fingerprint density at radius 2 is 2.14 bits per heavy atom. The molecule has 0 radical (unpaired) electrons. The Morgan fingerprint density at radius 1 is 1.43 bits per heavy atom. The normalized spacial score (nSPS) is 15.6. The van der Waals surface area contributed by atoms with Gasteiger partial charge in [-0.15, -0.1) is 0 Å². The Kier molecular flexibility index (Phi) is 5.32. The highest BCUT2D eigenvalue weighted by molar-refractivity contribution is 7.89. The lowest BCUT2D eigenvalue weighted by atomic mass is 10.2. The quantitative estimate of drug-likeness (QED) is 0.735. The predicted octanol–water partition coefficient (Wildman–Crippen LogP) is 1.33. The molecule has 0 heterocycles. The molecule has 0 bridgehead atoms. The van der Waals surface area contributed by atoms with Crippen molar-refractivity contribution < 1.29 is 17.5 Å². The summed E-state index contributed by atoms with van der Waals surface area (Å²) in [5.41, 5.74) is 5.59. The molecule has 1 saturated carbocycles. The summed E-state index contributed by atoms with van der Waals surface area (Å²) in [6, 6.07) is 3.67. The van der Waals surface area contributed by atoms with Crippen LogP contribution in [0.1, 0.15) is 18.4 Å². The van der Waals surface area contributed by atoms with E-state index in [9.17, 15) is 12.8 Å². The van der Waals surface area contributed by atoms with E-state index in [4.69, 9.17) is 10.5 Å². The first kappa shape index (κ1) is 16.4. The van der Waals surface area contributed by atoms with E-state index < -0.39 is 15.8 Å². The van der Waals surface area contributed by atoms with Gasteiger partial charge >= 0.3 is 0 Å². The second-order valence-electron chi connectivity index (χ2n) is 5.30. The van der Waals surface area contributed by atoms with Crippen molar-refractivity contribution in [2.75, 3.05) is 26.8 Å². The van der Waals surface area contributed by atoms with Crippen molar-refractivity contribution in [2.45, 2.75) is 24.3 Å². The summed E-state index contributed by atoms with van der Waals surface area (Å²) in [4.78, 5) is 0.0500. The van der Waals surface area contributed by atoms with Gasteiger partial charge in [-0.05, 0) is 37.0 Å². The number of benzene rings is 1. The topological polar surface area (TPSA) is 72.6 Å². The molecule has 0 aromatic heterocycles. The fourth-order valence-electron chi connectivity index (χ4n) is 1.90. The highest BCUT2D eigenvalue weighted by atomic mass is 32.2. The van der Waals surface area contributed by atoms with E-state index in [0.717, 1.165) is 6.07 Å². The van der Waals surface area contributed by atoms with Gasteiger partial charge in [-0.25, -0.2) is 12.8 Å². The molecular formula is C14H21FN2O3S. The number of nitrogens with two attached hydrogens (primary N) is 1. The average molecular weight is 316 g/mol. The minimum absolute atomic E-state index is 0.0383. The molecule has 0 unspecified atom stereocenters. The van der Waals surface area contributed by atoms with Crippen LogP contribution in [0.4, 0.5) is 4.39 Å². The molecule has 1 aliphatic rings. The van der Waals surface area contributed by atoms with E-state index in [-0.39, 0.29) is 23.5 Å². The minimum Gasteiger partial charge on any atom is -0.380 e. The Hall–Kier alpha value is -1.02. The summed E-state index contributed by atoms with van der Waals surface area (Å²) in [5.74, 6) is 0.156. The summed E-state index contributed by atoms with van der Waals surface area (Å²) < 4.78 is 44.8. The lowest BCUT2D eigenvalue weighted by Crippen LogP contribution is -2.30. The first-order chi connectivity index (χ1) is 9.95. The molecule has 1 aliphatic carbocycles. The van der Waals surface area contributed by atoms with Crippen LogP contribution in [0.3, 0.4) is 0 Å². The maximum atomic E-state index is 13.4.